The molecular weight excluding hydrogens is 506 g/mol. The molecule has 4 rings (SSSR count). The van der Waals surface area contributed by atoms with E-state index in [1.54, 1.807) is 11.8 Å². The van der Waals surface area contributed by atoms with Gasteiger partial charge in [0, 0.05) is 24.7 Å². The number of pyridine rings is 2. The number of nitriles is 2. The highest BCUT2D eigenvalue weighted by molar-refractivity contribution is 6.47. The fourth-order valence-corrected chi connectivity index (χ4v) is 4.15. The van der Waals surface area contributed by atoms with Crippen molar-refractivity contribution >= 4 is 17.1 Å². The summed E-state index contributed by atoms with van der Waals surface area (Å²) in [6.45, 7) is 2.77. The molecule has 1 saturated heterocycles. The van der Waals surface area contributed by atoms with E-state index in [0.717, 1.165) is 16.5 Å². The molecule has 3 aromatic heterocycles. The molecule has 4 heterocycles. The van der Waals surface area contributed by atoms with E-state index in [9.17, 15) is 22.8 Å². The number of likely N-dealkylation sites (tertiary alicyclic amines) is 1. The third-order valence-electron chi connectivity index (χ3n) is 5.97. The van der Waals surface area contributed by atoms with E-state index in [-0.39, 0.29) is 34.5 Å². The van der Waals surface area contributed by atoms with E-state index in [0.29, 0.717) is 37.8 Å². The van der Waals surface area contributed by atoms with Crippen LogP contribution in [0.1, 0.15) is 42.8 Å². The fraction of sp³-hybridized carbons (Fsp3) is 0.333. The molecule has 0 spiro atoms. The van der Waals surface area contributed by atoms with Crippen molar-refractivity contribution in [2.75, 3.05) is 13.1 Å². The maximum atomic E-state index is 14.0. The lowest BCUT2D eigenvalue weighted by atomic mass is 10.0. The van der Waals surface area contributed by atoms with Crippen LogP contribution in [0, 0.1) is 28.6 Å². The highest BCUT2D eigenvalue weighted by atomic mass is 19.4. The van der Waals surface area contributed by atoms with Crippen molar-refractivity contribution in [1.82, 2.24) is 19.3 Å². The predicted molar refractivity (Wildman–Crippen MR) is 128 cm³/mol. The molecule has 0 radical (unpaired) electrons. The molecule has 0 bridgehead atoms. The Kier molecular flexibility index (Phi) is 7.43. The molecule has 1 fully saturated rings. The number of nitrogens with zero attached hydrogens (tertiary/aromatic N) is 8. The third-order valence-corrected chi connectivity index (χ3v) is 5.97. The Morgan fingerprint density at radius 1 is 1.18 bits per heavy atom. The number of nitrogens with two attached hydrogens (primary N) is 1. The Bertz CT molecular complexity index is 1460. The van der Waals surface area contributed by atoms with E-state index in [1.807, 2.05) is 6.07 Å². The highest BCUT2D eigenvalue weighted by Crippen LogP contribution is 2.37. The number of hydrogen-bond donors (Lipinski definition) is 1. The Morgan fingerprint density at radius 2 is 1.92 bits per heavy atom. The Balaban J connectivity index is 1.76. The summed E-state index contributed by atoms with van der Waals surface area (Å²) < 4.78 is 61.9. The monoisotopic (exact) mass is 527 g/mol. The second-order valence-corrected chi connectivity index (χ2v) is 8.48. The molecule has 1 aliphatic heterocycles. The second-order valence-electron chi connectivity index (χ2n) is 8.48. The van der Waals surface area contributed by atoms with Crippen LogP contribution in [0.5, 0.6) is 5.88 Å². The highest BCUT2D eigenvalue weighted by Gasteiger charge is 2.44. The molecule has 1 aliphatic rings. The van der Waals surface area contributed by atoms with Gasteiger partial charge in [0.15, 0.2) is 6.19 Å². The molecule has 1 atom stereocenters. The number of alkyl halides is 3. The summed E-state index contributed by atoms with van der Waals surface area (Å²) in [6, 6.07) is 6.23. The molecule has 1 unspecified atom stereocenters. The Labute approximate surface area is 214 Å². The zero-order valence-electron chi connectivity index (χ0n) is 20.0. The van der Waals surface area contributed by atoms with E-state index >= 15 is 0 Å². The van der Waals surface area contributed by atoms with Gasteiger partial charge in [-0.1, -0.05) is 0 Å². The van der Waals surface area contributed by atoms with Crippen LogP contribution >= 0.6 is 0 Å². The second kappa shape index (κ2) is 10.7. The minimum atomic E-state index is -4.93. The SMILES string of the molecule is CC(=NC1CCN(C#N)CC1)/C(=N\N)c1cc(OC(c2ccc(F)cn2)C(F)(F)F)n2c(C#N)cnc2c1. The van der Waals surface area contributed by atoms with Gasteiger partial charge >= 0.3 is 6.18 Å². The maximum Gasteiger partial charge on any atom is 0.431 e. The molecular formula is C24H21F4N9O. The molecule has 0 saturated carbocycles. The standard InChI is InChI=1S/C24H21F4N9O/c1-14(34-17-4-6-36(13-30)7-5-17)22(35-31)15-8-20-33-12-18(10-29)37(20)21(9-15)38-23(24(26,27)28)19-3-2-16(25)11-32-19/h2-3,8-9,11-12,17,23H,4-7,31H2,1H3/b34-14?,35-22+. The van der Waals surface area contributed by atoms with Gasteiger partial charge in [-0.05, 0) is 38.0 Å². The van der Waals surface area contributed by atoms with Crippen LogP contribution in [0.4, 0.5) is 17.6 Å². The van der Waals surface area contributed by atoms with Gasteiger partial charge in [0.1, 0.15) is 28.9 Å². The van der Waals surface area contributed by atoms with Gasteiger partial charge in [-0.3, -0.25) is 14.4 Å². The number of halogens is 4. The average molecular weight is 527 g/mol. The summed E-state index contributed by atoms with van der Waals surface area (Å²) in [5.41, 5.74) is 0.329. The molecule has 0 aromatic carbocycles. The summed E-state index contributed by atoms with van der Waals surface area (Å²) in [7, 11) is 0. The summed E-state index contributed by atoms with van der Waals surface area (Å²) >= 11 is 0. The van der Waals surface area contributed by atoms with Crippen LogP contribution in [0.3, 0.4) is 0 Å². The van der Waals surface area contributed by atoms with Gasteiger partial charge in [-0.25, -0.2) is 9.37 Å². The first-order valence-corrected chi connectivity index (χ1v) is 11.4. The fourth-order valence-electron chi connectivity index (χ4n) is 4.15. The van der Waals surface area contributed by atoms with Crippen LogP contribution in [-0.4, -0.2) is 56.0 Å². The Hall–Kier alpha value is -4.72. The number of aliphatic imine (C=N–C) groups is 1. The Morgan fingerprint density at radius 3 is 2.50 bits per heavy atom. The summed E-state index contributed by atoms with van der Waals surface area (Å²) in [6.07, 6.45) is -2.28. The largest absolute Gasteiger partial charge is 0.459 e. The van der Waals surface area contributed by atoms with E-state index in [4.69, 9.17) is 15.8 Å². The predicted octanol–water partition coefficient (Wildman–Crippen LogP) is 3.49. The number of hydrazone groups is 1. The molecule has 10 nitrogen and oxygen atoms in total. The molecule has 196 valence electrons. The van der Waals surface area contributed by atoms with Crippen LogP contribution in [0.15, 0.2) is 46.8 Å². The number of ether oxygens (including phenoxy) is 1. The van der Waals surface area contributed by atoms with Crippen LogP contribution < -0.4 is 10.6 Å². The van der Waals surface area contributed by atoms with Gasteiger partial charge in [-0.2, -0.15) is 28.8 Å². The first kappa shape index (κ1) is 26.3. The topological polar surface area (TPSA) is 141 Å². The van der Waals surface area contributed by atoms with Crippen molar-refractivity contribution in [2.45, 2.75) is 38.1 Å². The maximum absolute atomic E-state index is 14.0. The van der Waals surface area contributed by atoms with Crippen molar-refractivity contribution in [3.63, 3.8) is 0 Å². The molecule has 2 N–H and O–H groups in total. The van der Waals surface area contributed by atoms with Crippen molar-refractivity contribution in [3.8, 4) is 18.1 Å². The molecule has 0 amide bonds. The van der Waals surface area contributed by atoms with Gasteiger partial charge in [-0.15, -0.1) is 0 Å². The molecule has 38 heavy (non-hydrogen) atoms. The lowest BCUT2D eigenvalue weighted by Crippen LogP contribution is -2.32. The first-order valence-electron chi connectivity index (χ1n) is 11.4. The normalized spacial score (nSPS) is 16.2. The van der Waals surface area contributed by atoms with E-state index in [2.05, 4.69) is 26.3 Å². The quantitative estimate of drug-likeness (QED) is 0.170. The minimum absolute atomic E-state index is 0.0737. The van der Waals surface area contributed by atoms with Crippen molar-refractivity contribution in [3.05, 3.63) is 59.4 Å². The van der Waals surface area contributed by atoms with Gasteiger partial charge in [0.05, 0.1) is 29.8 Å². The molecule has 14 heteroatoms. The van der Waals surface area contributed by atoms with Crippen molar-refractivity contribution in [1.29, 1.82) is 10.5 Å². The van der Waals surface area contributed by atoms with Crippen LogP contribution in [0.25, 0.3) is 5.65 Å². The number of hydrogen-bond acceptors (Lipinski definition) is 9. The number of aromatic nitrogens is 3. The number of fused-ring (bicyclic) bond motifs is 1. The van der Waals surface area contributed by atoms with E-state index in [1.165, 1.54) is 18.3 Å². The smallest absolute Gasteiger partial charge is 0.431 e. The lowest BCUT2D eigenvalue weighted by Gasteiger charge is -2.26. The van der Waals surface area contributed by atoms with E-state index < -0.39 is 23.8 Å². The van der Waals surface area contributed by atoms with Gasteiger partial charge in [0.25, 0.3) is 0 Å². The van der Waals surface area contributed by atoms with Crippen molar-refractivity contribution < 1.29 is 22.3 Å². The zero-order valence-corrected chi connectivity index (χ0v) is 20.0. The van der Waals surface area contributed by atoms with Crippen molar-refractivity contribution in [2.24, 2.45) is 15.9 Å². The number of piperidine rings is 1. The van der Waals surface area contributed by atoms with Crippen LogP contribution in [0.2, 0.25) is 0 Å². The average Bonchev–Trinajstić information content (AvgIpc) is 3.31. The summed E-state index contributed by atoms with van der Waals surface area (Å²) in [5.74, 6) is 4.48. The molecule has 3 aromatic rings. The summed E-state index contributed by atoms with van der Waals surface area (Å²) in [5, 5.41) is 22.3. The van der Waals surface area contributed by atoms with Gasteiger partial charge in [0.2, 0.25) is 12.0 Å². The summed E-state index contributed by atoms with van der Waals surface area (Å²) in [4.78, 5) is 13.9. The first-order chi connectivity index (χ1) is 18.1. The zero-order chi connectivity index (χ0) is 27.4. The van der Waals surface area contributed by atoms with Crippen LogP contribution in [-0.2, 0) is 0 Å². The minimum Gasteiger partial charge on any atom is -0.459 e. The number of imidazole rings is 1. The third kappa shape index (κ3) is 5.49. The van der Waals surface area contributed by atoms with Gasteiger partial charge < -0.3 is 15.5 Å². The number of rotatable bonds is 6. The lowest BCUT2D eigenvalue weighted by molar-refractivity contribution is -0.200. The molecule has 0 aliphatic carbocycles.